The molecule has 0 radical (unpaired) electrons. The molecule has 114 valence electrons. The normalized spacial score (nSPS) is 16.2. The molecule has 3 rings (SSSR count). The SMILES string of the molecule is [2H]C([2H])([2H])Oc1ccc(N2C(=O)NCc3c(C)nc(SC)nc32)cc1. The summed E-state index contributed by atoms with van der Waals surface area (Å²) in [4.78, 5) is 22.7. The van der Waals surface area contributed by atoms with Gasteiger partial charge in [0.15, 0.2) is 11.0 Å². The van der Waals surface area contributed by atoms with Crippen LogP contribution in [0.1, 0.15) is 15.4 Å². The Morgan fingerprint density at radius 3 is 2.82 bits per heavy atom. The van der Waals surface area contributed by atoms with Gasteiger partial charge in [-0.25, -0.2) is 19.7 Å². The fraction of sp³-hybridized carbons (Fsp3) is 0.267. The molecule has 1 aromatic carbocycles. The highest BCUT2D eigenvalue weighted by atomic mass is 32.2. The Bertz CT molecular complexity index is 812. The molecule has 22 heavy (non-hydrogen) atoms. The van der Waals surface area contributed by atoms with Crippen molar-refractivity contribution in [2.45, 2.75) is 18.6 Å². The van der Waals surface area contributed by atoms with Crippen LogP contribution in [0.5, 0.6) is 5.75 Å². The Labute approximate surface area is 137 Å². The second kappa shape index (κ2) is 5.84. The van der Waals surface area contributed by atoms with E-state index >= 15 is 0 Å². The standard InChI is InChI=1S/C15H16N4O2S/c1-9-12-8-16-15(20)19(13(12)18-14(17-9)22-3)10-4-6-11(21-2)7-5-10/h4-7H,8H2,1-3H3,(H,16,20)/i2D3. The molecule has 0 atom stereocenters. The van der Waals surface area contributed by atoms with Gasteiger partial charge in [0.05, 0.1) is 23.4 Å². The molecule has 2 aromatic rings. The molecule has 7 heteroatoms. The summed E-state index contributed by atoms with van der Waals surface area (Å²) in [5.41, 5.74) is 2.21. The Kier molecular flexibility index (Phi) is 3.00. The van der Waals surface area contributed by atoms with E-state index in [9.17, 15) is 4.79 Å². The summed E-state index contributed by atoms with van der Waals surface area (Å²) < 4.78 is 26.2. The number of hydrogen-bond donors (Lipinski definition) is 1. The summed E-state index contributed by atoms with van der Waals surface area (Å²) in [6, 6.07) is 5.94. The number of thioether (sulfide) groups is 1. The third-order valence-corrected chi connectivity index (χ3v) is 3.95. The van der Waals surface area contributed by atoms with Crippen molar-refractivity contribution in [2.24, 2.45) is 0 Å². The zero-order valence-corrected chi connectivity index (χ0v) is 12.9. The lowest BCUT2D eigenvalue weighted by Crippen LogP contribution is -2.42. The number of benzene rings is 1. The number of hydrogen-bond acceptors (Lipinski definition) is 5. The molecule has 2 heterocycles. The maximum atomic E-state index is 12.4. The number of carbonyl (C=O) groups is 1. The average molecular weight is 319 g/mol. The Balaban J connectivity index is 2.00. The summed E-state index contributed by atoms with van der Waals surface area (Å²) in [7, 11) is -2.52. The van der Waals surface area contributed by atoms with E-state index in [4.69, 9.17) is 8.85 Å². The summed E-state index contributed by atoms with van der Waals surface area (Å²) >= 11 is 1.40. The van der Waals surface area contributed by atoms with E-state index in [0.717, 1.165) is 11.3 Å². The lowest BCUT2D eigenvalue weighted by Gasteiger charge is -2.29. The summed E-state index contributed by atoms with van der Waals surface area (Å²) in [5, 5.41) is 3.38. The number of fused-ring (bicyclic) bond motifs is 1. The van der Waals surface area contributed by atoms with E-state index in [0.29, 0.717) is 23.2 Å². The van der Waals surface area contributed by atoms with Gasteiger partial charge >= 0.3 is 6.03 Å². The first-order valence-corrected chi connectivity index (χ1v) is 7.79. The van der Waals surface area contributed by atoms with Crippen molar-refractivity contribution in [1.29, 1.82) is 0 Å². The zero-order valence-electron chi connectivity index (χ0n) is 15.1. The molecule has 0 aliphatic carbocycles. The quantitative estimate of drug-likeness (QED) is 0.696. The van der Waals surface area contributed by atoms with Crippen LogP contribution in [-0.2, 0) is 6.54 Å². The van der Waals surface area contributed by atoms with Crippen molar-refractivity contribution < 1.29 is 13.6 Å². The number of aryl methyl sites for hydroxylation is 1. The molecule has 0 saturated carbocycles. The highest BCUT2D eigenvalue weighted by molar-refractivity contribution is 7.98. The number of ether oxygens (including phenoxy) is 1. The van der Waals surface area contributed by atoms with E-state index in [1.807, 2.05) is 13.2 Å². The van der Waals surface area contributed by atoms with Crippen LogP contribution in [-0.4, -0.2) is 29.3 Å². The number of urea groups is 1. The van der Waals surface area contributed by atoms with Gasteiger partial charge in [-0.2, -0.15) is 0 Å². The molecular formula is C15H16N4O2S. The Morgan fingerprint density at radius 1 is 1.36 bits per heavy atom. The van der Waals surface area contributed by atoms with Gasteiger partial charge in [0.25, 0.3) is 0 Å². The van der Waals surface area contributed by atoms with Gasteiger partial charge in [-0.05, 0) is 37.4 Å². The molecule has 6 nitrogen and oxygen atoms in total. The van der Waals surface area contributed by atoms with Crippen molar-refractivity contribution in [3.05, 3.63) is 35.5 Å². The van der Waals surface area contributed by atoms with Crippen molar-refractivity contribution in [1.82, 2.24) is 15.3 Å². The minimum Gasteiger partial charge on any atom is -0.497 e. The fourth-order valence-electron chi connectivity index (χ4n) is 2.28. The number of amides is 2. The van der Waals surface area contributed by atoms with E-state index in [1.165, 1.54) is 28.8 Å². The van der Waals surface area contributed by atoms with Crippen molar-refractivity contribution >= 4 is 29.3 Å². The molecule has 0 spiro atoms. The topological polar surface area (TPSA) is 67.3 Å². The van der Waals surface area contributed by atoms with Crippen LogP contribution in [0.25, 0.3) is 0 Å². The monoisotopic (exact) mass is 319 g/mol. The lowest BCUT2D eigenvalue weighted by molar-refractivity contribution is 0.246. The molecule has 2 amide bonds. The molecule has 1 aliphatic heterocycles. The van der Waals surface area contributed by atoms with Crippen LogP contribution >= 0.6 is 11.8 Å². The number of anilines is 2. The lowest BCUT2D eigenvalue weighted by atomic mass is 10.1. The van der Waals surface area contributed by atoms with Gasteiger partial charge in [0, 0.05) is 11.3 Å². The van der Waals surface area contributed by atoms with Crippen LogP contribution < -0.4 is 15.0 Å². The number of aromatic nitrogens is 2. The predicted molar refractivity (Wildman–Crippen MR) is 85.9 cm³/mol. The van der Waals surface area contributed by atoms with Crippen LogP contribution in [0.2, 0.25) is 0 Å². The average Bonchev–Trinajstić information content (AvgIpc) is 2.54. The number of methoxy groups -OCH3 is 1. The van der Waals surface area contributed by atoms with E-state index in [2.05, 4.69) is 15.3 Å². The number of nitrogens with one attached hydrogen (secondary N) is 1. The molecular weight excluding hydrogens is 300 g/mol. The largest absolute Gasteiger partial charge is 0.497 e. The van der Waals surface area contributed by atoms with Crippen LogP contribution in [0.3, 0.4) is 0 Å². The summed E-state index contributed by atoms with van der Waals surface area (Å²) in [5.74, 6) is 0.732. The molecule has 0 saturated heterocycles. The van der Waals surface area contributed by atoms with Crippen molar-refractivity contribution in [3.8, 4) is 5.75 Å². The van der Waals surface area contributed by atoms with Gasteiger partial charge < -0.3 is 10.1 Å². The zero-order chi connectivity index (χ0) is 18.2. The molecule has 0 fully saturated rings. The molecule has 0 unspecified atom stereocenters. The van der Waals surface area contributed by atoms with Crippen LogP contribution in [0.4, 0.5) is 16.3 Å². The minimum atomic E-state index is -2.52. The van der Waals surface area contributed by atoms with Crippen molar-refractivity contribution in [2.75, 3.05) is 18.2 Å². The Morgan fingerprint density at radius 2 is 2.14 bits per heavy atom. The second-order valence-electron chi connectivity index (χ2n) is 4.69. The maximum Gasteiger partial charge on any atom is 0.327 e. The van der Waals surface area contributed by atoms with Gasteiger partial charge in [-0.3, -0.25) is 0 Å². The first-order chi connectivity index (χ1) is 11.8. The third-order valence-electron chi connectivity index (χ3n) is 3.40. The second-order valence-corrected chi connectivity index (χ2v) is 5.46. The Hall–Kier alpha value is -2.28. The summed E-state index contributed by atoms with van der Waals surface area (Å²) in [6.07, 6.45) is 1.87. The predicted octanol–water partition coefficient (Wildman–Crippen LogP) is 2.88. The fourth-order valence-corrected chi connectivity index (χ4v) is 2.69. The first-order valence-electron chi connectivity index (χ1n) is 8.07. The van der Waals surface area contributed by atoms with E-state index in [1.54, 1.807) is 12.1 Å². The molecule has 0 bridgehead atoms. The first kappa shape index (κ1) is 11.3. The van der Waals surface area contributed by atoms with Gasteiger partial charge in [-0.1, -0.05) is 11.8 Å². The maximum absolute atomic E-state index is 12.4. The number of rotatable bonds is 3. The smallest absolute Gasteiger partial charge is 0.327 e. The minimum absolute atomic E-state index is 0.199. The number of carbonyl (C=O) groups excluding carboxylic acids is 1. The van der Waals surface area contributed by atoms with Gasteiger partial charge in [0.2, 0.25) is 0 Å². The molecule has 1 N–H and O–H groups in total. The van der Waals surface area contributed by atoms with Crippen LogP contribution in [0, 0.1) is 6.92 Å². The van der Waals surface area contributed by atoms with Gasteiger partial charge in [-0.15, -0.1) is 0 Å². The van der Waals surface area contributed by atoms with Crippen LogP contribution in [0.15, 0.2) is 29.4 Å². The van der Waals surface area contributed by atoms with E-state index in [-0.39, 0.29) is 11.8 Å². The number of nitrogens with zero attached hydrogens (tertiary/aromatic N) is 3. The highest BCUT2D eigenvalue weighted by Gasteiger charge is 2.29. The third kappa shape index (κ3) is 2.48. The van der Waals surface area contributed by atoms with Gasteiger partial charge in [0.1, 0.15) is 5.75 Å². The van der Waals surface area contributed by atoms with Crippen molar-refractivity contribution in [3.63, 3.8) is 0 Å². The molecule has 1 aromatic heterocycles. The highest BCUT2D eigenvalue weighted by Crippen LogP contribution is 2.33. The van der Waals surface area contributed by atoms with E-state index < -0.39 is 7.04 Å². The summed E-state index contributed by atoms with van der Waals surface area (Å²) in [6.45, 7) is 2.24. The molecule has 1 aliphatic rings.